The zero-order valence-electron chi connectivity index (χ0n) is 12.2. The summed E-state index contributed by atoms with van der Waals surface area (Å²) < 4.78 is 10.3. The van der Waals surface area contributed by atoms with Gasteiger partial charge in [-0.1, -0.05) is 37.6 Å². The highest BCUT2D eigenvalue weighted by atomic mass is 35.5. The van der Waals surface area contributed by atoms with Gasteiger partial charge in [0, 0.05) is 24.6 Å². The highest BCUT2D eigenvalue weighted by Gasteiger charge is 2.09. The number of para-hydroxylation sites is 1. The molecule has 0 bridgehead atoms. The van der Waals surface area contributed by atoms with Crippen molar-refractivity contribution >= 4 is 17.6 Å². The molecule has 0 aromatic heterocycles. The molecule has 0 fully saturated rings. The van der Waals surface area contributed by atoms with Crippen molar-refractivity contribution in [1.82, 2.24) is 5.32 Å². The predicted molar refractivity (Wildman–Crippen MR) is 80.2 cm³/mol. The maximum atomic E-state index is 11.0. The first-order chi connectivity index (χ1) is 9.54. The van der Waals surface area contributed by atoms with Crippen LogP contribution in [0.25, 0.3) is 0 Å². The zero-order valence-corrected chi connectivity index (χ0v) is 13.0. The normalized spacial score (nSPS) is 10.7. The zero-order chi connectivity index (χ0) is 15.0. The van der Waals surface area contributed by atoms with Gasteiger partial charge in [-0.15, -0.1) is 0 Å². The fraction of sp³-hybridized carbons (Fsp3) is 0.533. The minimum Gasteiger partial charge on any atom is -0.492 e. The Morgan fingerprint density at radius 3 is 2.80 bits per heavy atom. The molecule has 0 heterocycles. The summed E-state index contributed by atoms with van der Waals surface area (Å²) in [6, 6.07) is 6.08. The number of ether oxygens (including phenoxy) is 2. The molecule has 0 aliphatic rings. The summed E-state index contributed by atoms with van der Waals surface area (Å²) in [7, 11) is 1.38. The lowest BCUT2D eigenvalue weighted by molar-refractivity contribution is -0.140. The van der Waals surface area contributed by atoms with E-state index in [0.29, 0.717) is 42.8 Å². The summed E-state index contributed by atoms with van der Waals surface area (Å²) in [4.78, 5) is 11.0. The fourth-order valence-electron chi connectivity index (χ4n) is 1.66. The van der Waals surface area contributed by atoms with Gasteiger partial charge in [0.25, 0.3) is 0 Å². The molecule has 1 aromatic carbocycles. The van der Waals surface area contributed by atoms with Gasteiger partial charge in [0.15, 0.2) is 0 Å². The van der Waals surface area contributed by atoms with Gasteiger partial charge in [-0.25, -0.2) is 0 Å². The van der Waals surface area contributed by atoms with Gasteiger partial charge < -0.3 is 14.8 Å². The van der Waals surface area contributed by atoms with Crippen LogP contribution >= 0.6 is 11.6 Å². The van der Waals surface area contributed by atoms with Crippen LogP contribution in [0.2, 0.25) is 5.02 Å². The van der Waals surface area contributed by atoms with Crippen LogP contribution in [0.3, 0.4) is 0 Å². The first-order valence-electron chi connectivity index (χ1n) is 6.75. The van der Waals surface area contributed by atoms with E-state index in [9.17, 15) is 4.79 Å². The molecule has 5 heteroatoms. The standard InChI is InChI=1S/C15H22ClNO3/c1-11(2)17-10-12-6-4-7-13(16)15(12)20-9-5-8-14(18)19-3/h4,6-7,11,17H,5,8-10H2,1-3H3. The second kappa shape index (κ2) is 8.82. The van der Waals surface area contributed by atoms with Gasteiger partial charge >= 0.3 is 5.97 Å². The highest BCUT2D eigenvalue weighted by Crippen LogP contribution is 2.28. The van der Waals surface area contributed by atoms with Crippen LogP contribution in [0.15, 0.2) is 18.2 Å². The molecular formula is C15H22ClNO3. The Hall–Kier alpha value is -1.26. The van der Waals surface area contributed by atoms with Crippen molar-refractivity contribution in [2.45, 2.75) is 39.3 Å². The summed E-state index contributed by atoms with van der Waals surface area (Å²) in [5.74, 6) is 0.460. The maximum Gasteiger partial charge on any atom is 0.305 e. The van der Waals surface area contributed by atoms with Crippen LogP contribution in [-0.4, -0.2) is 25.7 Å². The number of hydrogen-bond donors (Lipinski definition) is 1. The number of rotatable bonds is 8. The van der Waals surface area contributed by atoms with E-state index in [-0.39, 0.29) is 5.97 Å². The number of carbonyl (C=O) groups excluding carboxylic acids is 1. The lowest BCUT2D eigenvalue weighted by Gasteiger charge is -2.15. The number of hydrogen-bond acceptors (Lipinski definition) is 4. The molecule has 112 valence electrons. The smallest absolute Gasteiger partial charge is 0.305 e. The molecule has 0 atom stereocenters. The number of benzene rings is 1. The van der Waals surface area contributed by atoms with E-state index in [1.165, 1.54) is 7.11 Å². The van der Waals surface area contributed by atoms with Crippen molar-refractivity contribution < 1.29 is 14.3 Å². The topological polar surface area (TPSA) is 47.6 Å². The van der Waals surface area contributed by atoms with Gasteiger partial charge in [0.05, 0.1) is 18.7 Å². The Bertz CT molecular complexity index is 435. The predicted octanol–water partition coefficient (Wildman–Crippen LogP) is 3.17. The molecular weight excluding hydrogens is 278 g/mol. The van der Waals surface area contributed by atoms with Crippen molar-refractivity contribution in [2.75, 3.05) is 13.7 Å². The molecule has 0 saturated heterocycles. The molecule has 1 aromatic rings. The monoisotopic (exact) mass is 299 g/mol. The van der Waals surface area contributed by atoms with E-state index < -0.39 is 0 Å². The lowest BCUT2D eigenvalue weighted by Crippen LogP contribution is -2.22. The first-order valence-corrected chi connectivity index (χ1v) is 7.12. The molecule has 0 radical (unpaired) electrons. The van der Waals surface area contributed by atoms with E-state index >= 15 is 0 Å². The first kappa shape index (κ1) is 16.8. The van der Waals surface area contributed by atoms with Crippen molar-refractivity contribution in [3.8, 4) is 5.75 Å². The van der Waals surface area contributed by atoms with E-state index in [0.717, 1.165) is 5.56 Å². The molecule has 0 spiro atoms. The Kier molecular flexibility index (Phi) is 7.41. The number of halogens is 1. The minimum absolute atomic E-state index is 0.227. The van der Waals surface area contributed by atoms with Crippen LogP contribution in [0, 0.1) is 0 Å². The van der Waals surface area contributed by atoms with Crippen LogP contribution < -0.4 is 10.1 Å². The van der Waals surface area contributed by atoms with Crippen molar-refractivity contribution in [1.29, 1.82) is 0 Å². The SMILES string of the molecule is COC(=O)CCCOc1c(Cl)cccc1CNC(C)C. The van der Waals surface area contributed by atoms with Gasteiger partial charge in [0.1, 0.15) is 5.75 Å². The number of esters is 1. The Balaban J connectivity index is 2.56. The summed E-state index contributed by atoms with van der Waals surface area (Å²) in [6.07, 6.45) is 0.954. The second-order valence-corrected chi connectivity index (χ2v) is 5.20. The molecule has 4 nitrogen and oxygen atoms in total. The summed E-state index contributed by atoms with van der Waals surface area (Å²) in [5, 5.41) is 3.92. The molecule has 0 amide bonds. The van der Waals surface area contributed by atoms with Gasteiger partial charge in [-0.3, -0.25) is 4.79 Å². The third-order valence-electron chi connectivity index (χ3n) is 2.75. The average molecular weight is 300 g/mol. The maximum absolute atomic E-state index is 11.0. The highest BCUT2D eigenvalue weighted by molar-refractivity contribution is 6.32. The van der Waals surface area contributed by atoms with E-state index in [2.05, 4.69) is 23.9 Å². The largest absolute Gasteiger partial charge is 0.492 e. The number of methoxy groups -OCH3 is 1. The third-order valence-corrected chi connectivity index (χ3v) is 3.05. The second-order valence-electron chi connectivity index (χ2n) is 4.79. The number of nitrogens with one attached hydrogen (secondary N) is 1. The Morgan fingerprint density at radius 2 is 2.15 bits per heavy atom. The van der Waals surface area contributed by atoms with Gasteiger partial charge in [0.2, 0.25) is 0 Å². The van der Waals surface area contributed by atoms with Crippen LogP contribution in [-0.2, 0) is 16.1 Å². The summed E-state index contributed by atoms with van der Waals surface area (Å²) in [5.41, 5.74) is 1.02. The minimum atomic E-state index is -0.227. The lowest BCUT2D eigenvalue weighted by atomic mass is 10.2. The Morgan fingerprint density at radius 1 is 1.40 bits per heavy atom. The van der Waals surface area contributed by atoms with Gasteiger partial charge in [-0.2, -0.15) is 0 Å². The van der Waals surface area contributed by atoms with E-state index in [1.54, 1.807) is 6.07 Å². The van der Waals surface area contributed by atoms with Crippen LogP contribution in [0.5, 0.6) is 5.75 Å². The van der Waals surface area contributed by atoms with E-state index in [4.69, 9.17) is 16.3 Å². The molecule has 0 saturated carbocycles. The van der Waals surface area contributed by atoms with Crippen LogP contribution in [0.4, 0.5) is 0 Å². The molecule has 1 N–H and O–H groups in total. The number of carbonyl (C=O) groups is 1. The van der Waals surface area contributed by atoms with Crippen molar-refractivity contribution in [3.05, 3.63) is 28.8 Å². The molecule has 1 rings (SSSR count). The van der Waals surface area contributed by atoms with Crippen LogP contribution in [0.1, 0.15) is 32.3 Å². The van der Waals surface area contributed by atoms with Crippen molar-refractivity contribution in [2.24, 2.45) is 0 Å². The Labute approximate surface area is 125 Å². The molecule has 20 heavy (non-hydrogen) atoms. The van der Waals surface area contributed by atoms with Gasteiger partial charge in [-0.05, 0) is 12.5 Å². The average Bonchev–Trinajstić information content (AvgIpc) is 2.42. The molecule has 0 unspecified atom stereocenters. The summed E-state index contributed by atoms with van der Waals surface area (Å²) in [6.45, 7) is 5.31. The third kappa shape index (κ3) is 5.80. The van der Waals surface area contributed by atoms with Crippen molar-refractivity contribution in [3.63, 3.8) is 0 Å². The van der Waals surface area contributed by atoms with E-state index in [1.807, 2.05) is 12.1 Å². The molecule has 0 aliphatic heterocycles. The summed E-state index contributed by atoms with van der Waals surface area (Å²) >= 11 is 6.17. The fourth-order valence-corrected chi connectivity index (χ4v) is 1.91. The quantitative estimate of drug-likeness (QED) is 0.592. The molecule has 0 aliphatic carbocycles.